The van der Waals surface area contributed by atoms with Crippen molar-refractivity contribution in [3.8, 4) is 0 Å². The molecule has 2 aromatic rings. The highest BCUT2D eigenvalue weighted by atomic mass is 32.2. The van der Waals surface area contributed by atoms with E-state index >= 15 is 0 Å². The highest BCUT2D eigenvalue weighted by Crippen LogP contribution is 2.33. The van der Waals surface area contributed by atoms with Crippen molar-refractivity contribution in [3.63, 3.8) is 0 Å². The maximum atomic E-state index is 12.5. The van der Waals surface area contributed by atoms with E-state index in [1.54, 1.807) is 17.3 Å². The molecule has 1 aromatic carbocycles. The quantitative estimate of drug-likeness (QED) is 0.635. The van der Waals surface area contributed by atoms with E-state index in [2.05, 4.69) is 4.98 Å². The van der Waals surface area contributed by atoms with E-state index in [-0.39, 0.29) is 5.91 Å². The number of benzene rings is 1. The molecule has 0 saturated carbocycles. The zero-order chi connectivity index (χ0) is 15.5. The summed E-state index contributed by atoms with van der Waals surface area (Å²) in [5.41, 5.74) is 3.17. The fraction of sp³-hybridized carbons (Fsp3) is 0.118. The van der Waals surface area contributed by atoms with Gasteiger partial charge < -0.3 is 0 Å². The molecule has 1 fully saturated rings. The lowest BCUT2D eigenvalue weighted by molar-refractivity contribution is -0.122. The lowest BCUT2D eigenvalue weighted by Crippen LogP contribution is -2.27. The number of thiocarbonyl (C=S) groups is 1. The van der Waals surface area contributed by atoms with Crippen LogP contribution in [0.1, 0.15) is 16.7 Å². The molecule has 2 heterocycles. The van der Waals surface area contributed by atoms with E-state index in [0.29, 0.717) is 15.8 Å². The van der Waals surface area contributed by atoms with Crippen molar-refractivity contribution in [2.75, 3.05) is 0 Å². The van der Waals surface area contributed by atoms with Gasteiger partial charge in [0, 0.05) is 12.4 Å². The van der Waals surface area contributed by atoms with E-state index in [1.165, 1.54) is 17.3 Å². The summed E-state index contributed by atoms with van der Waals surface area (Å²) in [6.45, 7) is 2.50. The van der Waals surface area contributed by atoms with E-state index in [4.69, 9.17) is 12.2 Å². The van der Waals surface area contributed by atoms with Crippen molar-refractivity contribution in [2.45, 2.75) is 13.5 Å². The molecule has 0 spiro atoms. The molecule has 1 saturated heterocycles. The summed E-state index contributed by atoms with van der Waals surface area (Å²) in [6, 6.07) is 11.9. The van der Waals surface area contributed by atoms with Gasteiger partial charge in [-0.1, -0.05) is 59.9 Å². The SMILES string of the molecule is Cc1ccc(/C=C2\SC(=S)N(Cc3cccnc3)C2=O)cc1. The number of aryl methyl sites for hydroxylation is 1. The third kappa shape index (κ3) is 3.26. The fourth-order valence-electron chi connectivity index (χ4n) is 2.12. The van der Waals surface area contributed by atoms with Gasteiger partial charge in [-0.25, -0.2) is 0 Å². The maximum absolute atomic E-state index is 12.5. The Bertz CT molecular complexity index is 739. The standard InChI is InChI=1S/C17H14N2OS2/c1-12-4-6-13(7-5-12)9-15-16(20)19(17(21)22-15)11-14-3-2-8-18-10-14/h2-10H,11H2,1H3/b15-9-. The third-order valence-corrected chi connectivity index (χ3v) is 4.69. The number of carbonyl (C=O) groups excluding carboxylic acids is 1. The van der Waals surface area contributed by atoms with Crippen LogP contribution in [0.25, 0.3) is 6.08 Å². The predicted molar refractivity (Wildman–Crippen MR) is 94.1 cm³/mol. The third-order valence-electron chi connectivity index (χ3n) is 3.31. The van der Waals surface area contributed by atoms with Crippen molar-refractivity contribution < 1.29 is 4.79 Å². The highest BCUT2D eigenvalue weighted by Gasteiger charge is 2.31. The van der Waals surface area contributed by atoms with E-state index < -0.39 is 0 Å². The number of carbonyl (C=O) groups is 1. The fourth-order valence-corrected chi connectivity index (χ4v) is 3.38. The molecule has 1 aliphatic heterocycles. The van der Waals surface area contributed by atoms with Gasteiger partial charge in [-0.3, -0.25) is 14.7 Å². The number of nitrogens with zero attached hydrogens (tertiary/aromatic N) is 2. The van der Waals surface area contributed by atoms with Gasteiger partial charge in [-0.05, 0) is 30.2 Å². The molecular weight excluding hydrogens is 312 g/mol. The molecule has 3 nitrogen and oxygen atoms in total. The van der Waals surface area contributed by atoms with Crippen molar-refractivity contribution >= 4 is 40.3 Å². The van der Waals surface area contributed by atoms with Crippen molar-refractivity contribution in [1.29, 1.82) is 0 Å². The molecule has 3 rings (SSSR count). The number of pyridine rings is 1. The van der Waals surface area contributed by atoms with Crippen LogP contribution in [0.3, 0.4) is 0 Å². The molecule has 1 amide bonds. The molecule has 0 bridgehead atoms. The Kier molecular flexibility index (Phi) is 4.36. The topological polar surface area (TPSA) is 33.2 Å². The minimum atomic E-state index is -0.0422. The summed E-state index contributed by atoms with van der Waals surface area (Å²) < 4.78 is 0.590. The predicted octanol–water partition coefficient (Wildman–Crippen LogP) is 3.79. The number of aromatic nitrogens is 1. The Morgan fingerprint density at radius 2 is 2.05 bits per heavy atom. The molecular formula is C17H14N2OS2. The Morgan fingerprint density at radius 3 is 2.73 bits per heavy atom. The van der Waals surface area contributed by atoms with Gasteiger partial charge in [0.1, 0.15) is 4.32 Å². The minimum absolute atomic E-state index is 0.0422. The maximum Gasteiger partial charge on any atom is 0.266 e. The van der Waals surface area contributed by atoms with Crippen LogP contribution in [0.15, 0.2) is 53.7 Å². The summed E-state index contributed by atoms with van der Waals surface area (Å²) in [4.78, 5) is 18.9. The second-order valence-electron chi connectivity index (χ2n) is 5.04. The van der Waals surface area contributed by atoms with Crippen LogP contribution in [0, 0.1) is 6.92 Å². The van der Waals surface area contributed by atoms with Gasteiger partial charge in [-0.2, -0.15) is 0 Å². The van der Waals surface area contributed by atoms with Gasteiger partial charge in [0.05, 0.1) is 11.4 Å². The molecule has 5 heteroatoms. The van der Waals surface area contributed by atoms with Crippen molar-refractivity contribution in [3.05, 3.63) is 70.4 Å². The molecule has 22 heavy (non-hydrogen) atoms. The van der Waals surface area contributed by atoms with E-state index in [9.17, 15) is 4.79 Å². The zero-order valence-corrected chi connectivity index (χ0v) is 13.7. The lowest BCUT2D eigenvalue weighted by atomic mass is 10.1. The number of hydrogen-bond donors (Lipinski definition) is 0. The van der Waals surface area contributed by atoms with Crippen LogP contribution in [0.4, 0.5) is 0 Å². The largest absolute Gasteiger partial charge is 0.288 e. The average Bonchev–Trinajstić information content (AvgIpc) is 2.78. The summed E-state index contributed by atoms with van der Waals surface area (Å²) in [7, 11) is 0. The number of thioether (sulfide) groups is 1. The number of amides is 1. The van der Waals surface area contributed by atoms with Gasteiger partial charge >= 0.3 is 0 Å². The van der Waals surface area contributed by atoms with Crippen molar-refractivity contribution in [1.82, 2.24) is 9.88 Å². The normalized spacial score (nSPS) is 16.6. The van der Waals surface area contributed by atoms with Crippen LogP contribution < -0.4 is 0 Å². The molecule has 0 radical (unpaired) electrons. The Hall–Kier alpha value is -1.98. The number of rotatable bonds is 3. The van der Waals surface area contributed by atoms with Crippen LogP contribution in [-0.4, -0.2) is 20.1 Å². The molecule has 1 aliphatic rings. The molecule has 0 aliphatic carbocycles. The van der Waals surface area contributed by atoms with E-state index in [0.717, 1.165) is 11.1 Å². The molecule has 0 atom stereocenters. The van der Waals surface area contributed by atoms with Crippen LogP contribution in [-0.2, 0) is 11.3 Å². The first-order chi connectivity index (χ1) is 10.6. The van der Waals surface area contributed by atoms with Gasteiger partial charge in [0.2, 0.25) is 0 Å². The van der Waals surface area contributed by atoms with Crippen LogP contribution >= 0.6 is 24.0 Å². The Balaban J connectivity index is 1.80. The second-order valence-corrected chi connectivity index (χ2v) is 6.72. The highest BCUT2D eigenvalue weighted by molar-refractivity contribution is 8.26. The molecule has 0 unspecified atom stereocenters. The minimum Gasteiger partial charge on any atom is -0.288 e. The number of hydrogen-bond acceptors (Lipinski definition) is 4. The molecule has 1 aromatic heterocycles. The molecule has 0 N–H and O–H groups in total. The first kappa shape index (κ1) is 14.9. The first-order valence-electron chi connectivity index (χ1n) is 6.84. The van der Waals surface area contributed by atoms with Gasteiger partial charge in [-0.15, -0.1) is 0 Å². The summed E-state index contributed by atoms with van der Waals surface area (Å²) in [5, 5.41) is 0. The van der Waals surface area contributed by atoms with Gasteiger partial charge in [0.15, 0.2) is 0 Å². The smallest absolute Gasteiger partial charge is 0.266 e. The van der Waals surface area contributed by atoms with Crippen LogP contribution in [0.2, 0.25) is 0 Å². The lowest BCUT2D eigenvalue weighted by Gasteiger charge is -2.13. The summed E-state index contributed by atoms with van der Waals surface area (Å²) in [5.74, 6) is -0.0422. The Morgan fingerprint density at radius 1 is 1.27 bits per heavy atom. The zero-order valence-electron chi connectivity index (χ0n) is 12.0. The monoisotopic (exact) mass is 326 g/mol. The van der Waals surface area contributed by atoms with Gasteiger partial charge in [0.25, 0.3) is 5.91 Å². The van der Waals surface area contributed by atoms with E-state index in [1.807, 2.05) is 49.4 Å². The summed E-state index contributed by atoms with van der Waals surface area (Å²) >= 11 is 6.69. The second kappa shape index (κ2) is 6.42. The average molecular weight is 326 g/mol. The first-order valence-corrected chi connectivity index (χ1v) is 8.07. The molecule has 110 valence electrons. The van der Waals surface area contributed by atoms with Crippen molar-refractivity contribution in [2.24, 2.45) is 0 Å². The summed E-state index contributed by atoms with van der Waals surface area (Å²) in [6.07, 6.45) is 5.36. The van der Waals surface area contributed by atoms with Crippen LogP contribution in [0.5, 0.6) is 0 Å². The Labute approximate surface area is 139 Å².